The van der Waals surface area contributed by atoms with E-state index in [4.69, 9.17) is 0 Å². The molecule has 0 aliphatic heterocycles. The summed E-state index contributed by atoms with van der Waals surface area (Å²) < 4.78 is 1.80. The van der Waals surface area contributed by atoms with Gasteiger partial charge in [0.25, 0.3) is 0 Å². The zero-order valence-corrected chi connectivity index (χ0v) is 10.7. The molecule has 2 rings (SSSR count). The van der Waals surface area contributed by atoms with Gasteiger partial charge in [-0.3, -0.25) is 9.48 Å². The largest absolute Gasteiger partial charge is 0.292 e. The maximum Gasteiger partial charge on any atom is 0.181 e. The number of hydrogen-bond acceptors (Lipinski definition) is 2. The molecular formula is C14H22N2O. The number of carbonyl (C=O) groups excluding carboxylic acids is 1. The average molecular weight is 234 g/mol. The Morgan fingerprint density at radius 3 is 2.71 bits per heavy atom. The maximum atomic E-state index is 12.2. The van der Waals surface area contributed by atoms with E-state index < -0.39 is 0 Å². The molecule has 0 N–H and O–H groups in total. The molecular weight excluding hydrogens is 212 g/mol. The molecule has 3 nitrogen and oxygen atoms in total. The molecule has 17 heavy (non-hydrogen) atoms. The first-order valence-corrected chi connectivity index (χ1v) is 6.86. The summed E-state index contributed by atoms with van der Waals surface area (Å²) in [5.41, 5.74) is 0.789. The molecule has 94 valence electrons. The van der Waals surface area contributed by atoms with Crippen molar-refractivity contribution in [2.24, 2.45) is 5.92 Å². The van der Waals surface area contributed by atoms with E-state index in [1.165, 1.54) is 38.5 Å². The van der Waals surface area contributed by atoms with Crippen LogP contribution in [-0.2, 0) is 6.54 Å². The van der Waals surface area contributed by atoms with Gasteiger partial charge in [-0.25, -0.2) is 0 Å². The third kappa shape index (κ3) is 3.18. The summed E-state index contributed by atoms with van der Waals surface area (Å²) in [7, 11) is 0. The lowest BCUT2D eigenvalue weighted by molar-refractivity contribution is 0.0946. The Labute approximate surface area is 103 Å². The van der Waals surface area contributed by atoms with Crippen LogP contribution in [0.1, 0.15) is 62.4 Å². The number of carbonyl (C=O) groups is 1. The molecule has 0 atom stereocenters. The van der Waals surface area contributed by atoms with E-state index in [1.807, 2.05) is 13.0 Å². The Bertz CT molecular complexity index is 362. The lowest BCUT2D eigenvalue weighted by Gasteiger charge is -2.13. The van der Waals surface area contributed by atoms with Crippen LogP contribution in [0.15, 0.2) is 12.3 Å². The van der Waals surface area contributed by atoms with E-state index in [0.717, 1.165) is 12.2 Å². The minimum Gasteiger partial charge on any atom is -0.292 e. The van der Waals surface area contributed by atoms with Gasteiger partial charge in [0.15, 0.2) is 5.78 Å². The molecule has 3 heteroatoms. The van der Waals surface area contributed by atoms with Crippen LogP contribution in [0.25, 0.3) is 0 Å². The van der Waals surface area contributed by atoms with Gasteiger partial charge in [0.2, 0.25) is 0 Å². The number of hydrogen-bond donors (Lipinski definition) is 0. The topological polar surface area (TPSA) is 34.9 Å². The zero-order chi connectivity index (χ0) is 12.1. The van der Waals surface area contributed by atoms with Crippen molar-refractivity contribution in [2.75, 3.05) is 0 Å². The fourth-order valence-electron chi connectivity index (χ4n) is 2.76. The number of ketones is 1. The molecule has 1 aromatic heterocycles. The summed E-state index contributed by atoms with van der Waals surface area (Å²) in [6, 6.07) is 1.85. The first-order chi connectivity index (χ1) is 8.31. The number of aromatic nitrogens is 2. The second-order valence-electron chi connectivity index (χ2n) is 5.02. The van der Waals surface area contributed by atoms with E-state index in [-0.39, 0.29) is 5.78 Å². The number of aryl methyl sites for hydroxylation is 1. The summed E-state index contributed by atoms with van der Waals surface area (Å²) in [6.45, 7) is 2.80. The van der Waals surface area contributed by atoms with Crippen LogP contribution in [0.4, 0.5) is 0 Å². The molecule has 1 heterocycles. The fraction of sp³-hybridized carbons (Fsp3) is 0.714. The van der Waals surface area contributed by atoms with Crippen LogP contribution in [0.5, 0.6) is 0 Å². The molecule has 1 aliphatic rings. The van der Waals surface area contributed by atoms with Gasteiger partial charge in [-0.05, 0) is 18.9 Å². The minimum atomic E-state index is 0.274. The minimum absolute atomic E-state index is 0.274. The molecule has 0 radical (unpaired) electrons. The van der Waals surface area contributed by atoms with Crippen LogP contribution >= 0.6 is 0 Å². The van der Waals surface area contributed by atoms with Gasteiger partial charge in [-0.15, -0.1) is 0 Å². The molecule has 1 fully saturated rings. The molecule has 0 amide bonds. The van der Waals surface area contributed by atoms with Crippen LogP contribution < -0.4 is 0 Å². The van der Waals surface area contributed by atoms with Gasteiger partial charge in [0, 0.05) is 19.2 Å². The van der Waals surface area contributed by atoms with E-state index in [1.54, 1.807) is 10.9 Å². The van der Waals surface area contributed by atoms with Crippen LogP contribution in [0.3, 0.4) is 0 Å². The molecule has 0 saturated heterocycles. The smallest absolute Gasteiger partial charge is 0.181 e. The molecule has 0 spiro atoms. The Morgan fingerprint density at radius 1 is 1.35 bits per heavy atom. The summed E-state index contributed by atoms with van der Waals surface area (Å²) in [5.74, 6) is 0.876. The maximum absolute atomic E-state index is 12.2. The number of Topliss-reactive ketones (excluding diaryl/α,β-unsaturated/α-hetero) is 1. The van der Waals surface area contributed by atoms with Crippen molar-refractivity contribution in [3.8, 4) is 0 Å². The highest BCUT2D eigenvalue weighted by Gasteiger charge is 2.19. The van der Waals surface area contributed by atoms with E-state index in [0.29, 0.717) is 12.3 Å². The highest BCUT2D eigenvalue weighted by Crippen LogP contribution is 2.26. The molecule has 0 unspecified atom stereocenters. The fourth-order valence-corrected chi connectivity index (χ4v) is 2.76. The van der Waals surface area contributed by atoms with Crippen molar-refractivity contribution in [3.63, 3.8) is 0 Å². The Morgan fingerprint density at radius 2 is 2.06 bits per heavy atom. The quantitative estimate of drug-likeness (QED) is 0.591. The predicted molar refractivity (Wildman–Crippen MR) is 68.0 cm³/mol. The lowest BCUT2D eigenvalue weighted by Crippen LogP contribution is -2.13. The molecule has 0 aromatic carbocycles. The van der Waals surface area contributed by atoms with Gasteiger partial charge in [-0.2, -0.15) is 5.10 Å². The van der Waals surface area contributed by atoms with Gasteiger partial charge in [0.1, 0.15) is 5.69 Å². The standard InChI is InChI=1S/C14H22N2O/c1-2-16-13(9-10-15-16)14(17)11-12-7-5-3-4-6-8-12/h9-10,12H,2-8,11H2,1H3. The predicted octanol–water partition coefficient (Wildman–Crippen LogP) is 3.45. The number of rotatable bonds is 4. The second-order valence-corrected chi connectivity index (χ2v) is 5.02. The van der Waals surface area contributed by atoms with Gasteiger partial charge in [0.05, 0.1) is 0 Å². The average Bonchev–Trinajstić information content (AvgIpc) is 2.68. The summed E-state index contributed by atoms with van der Waals surface area (Å²) in [5, 5.41) is 4.16. The van der Waals surface area contributed by atoms with Gasteiger partial charge in [-0.1, -0.05) is 38.5 Å². The first kappa shape index (κ1) is 12.3. The third-order valence-electron chi connectivity index (χ3n) is 3.75. The van der Waals surface area contributed by atoms with Crippen molar-refractivity contribution in [2.45, 2.75) is 58.4 Å². The first-order valence-electron chi connectivity index (χ1n) is 6.86. The Kier molecular flexibility index (Phi) is 4.35. The van der Waals surface area contributed by atoms with Gasteiger partial charge < -0.3 is 0 Å². The zero-order valence-electron chi connectivity index (χ0n) is 10.7. The normalized spacial score (nSPS) is 17.9. The van der Waals surface area contributed by atoms with E-state index in [2.05, 4.69) is 5.10 Å². The van der Waals surface area contributed by atoms with Gasteiger partial charge >= 0.3 is 0 Å². The molecule has 1 aromatic rings. The van der Waals surface area contributed by atoms with Crippen LogP contribution in [0, 0.1) is 5.92 Å². The van der Waals surface area contributed by atoms with Crippen molar-refractivity contribution < 1.29 is 4.79 Å². The summed E-state index contributed by atoms with van der Waals surface area (Å²) in [6.07, 6.45) is 10.2. The van der Waals surface area contributed by atoms with E-state index in [9.17, 15) is 4.79 Å². The van der Waals surface area contributed by atoms with Crippen molar-refractivity contribution >= 4 is 5.78 Å². The molecule has 0 bridgehead atoms. The lowest BCUT2D eigenvalue weighted by atomic mass is 9.93. The molecule has 1 aliphatic carbocycles. The molecule has 1 saturated carbocycles. The Hall–Kier alpha value is -1.12. The van der Waals surface area contributed by atoms with Crippen molar-refractivity contribution in [1.82, 2.24) is 9.78 Å². The van der Waals surface area contributed by atoms with Crippen molar-refractivity contribution in [1.29, 1.82) is 0 Å². The van der Waals surface area contributed by atoms with Crippen LogP contribution in [-0.4, -0.2) is 15.6 Å². The SMILES string of the molecule is CCn1nccc1C(=O)CC1CCCCCC1. The Balaban J connectivity index is 1.96. The third-order valence-corrected chi connectivity index (χ3v) is 3.75. The monoisotopic (exact) mass is 234 g/mol. The van der Waals surface area contributed by atoms with Crippen molar-refractivity contribution in [3.05, 3.63) is 18.0 Å². The highest BCUT2D eigenvalue weighted by atomic mass is 16.1. The summed E-state index contributed by atoms with van der Waals surface area (Å²) >= 11 is 0. The summed E-state index contributed by atoms with van der Waals surface area (Å²) in [4.78, 5) is 12.2. The highest BCUT2D eigenvalue weighted by molar-refractivity contribution is 5.94. The second kappa shape index (κ2) is 5.99. The van der Waals surface area contributed by atoms with E-state index >= 15 is 0 Å². The number of nitrogens with zero attached hydrogens (tertiary/aromatic N) is 2. The van der Waals surface area contributed by atoms with Crippen LogP contribution in [0.2, 0.25) is 0 Å².